The number of phenolic OH excluding ortho intramolecular Hbond substituents is 1. The largest absolute Gasteiger partial charge is 0.508 e. The van der Waals surface area contributed by atoms with E-state index < -0.39 is 0 Å². The Hall–Kier alpha value is -2.76. The van der Waals surface area contributed by atoms with Crippen molar-refractivity contribution >= 4 is 0 Å². The highest BCUT2D eigenvalue weighted by Gasteiger charge is 2.16. The molecule has 0 amide bonds. The van der Waals surface area contributed by atoms with Gasteiger partial charge in [0.15, 0.2) is 0 Å². The second kappa shape index (κ2) is 11.9. The van der Waals surface area contributed by atoms with E-state index in [4.69, 9.17) is 4.98 Å². The topological polar surface area (TPSA) is 61.3 Å². The van der Waals surface area contributed by atoms with Crippen molar-refractivity contribution in [3.63, 3.8) is 0 Å². The quantitative estimate of drug-likeness (QED) is 0.468. The molecule has 2 N–H and O–H groups in total. The molecule has 4 rings (SSSR count). The molecule has 0 saturated carbocycles. The van der Waals surface area contributed by atoms with Crippen LogP contribution in [0.3, 0.4) is 0 Å². The third-order valence-corrected chi connectivity index (χ3v) is 6.50. The summed E-state index contributed by atoms with van der Waals surface area (Å²) in [5, 5.41) is 13.0. The molecule has 1 fully saturated rings. The van der Waals surface area contributed by atoms with Gasteiger partial charge in [0.1, 0.15) is 11.6 Å². The molecule has 1 aliphatic heterocycles. The number of piperidine rings is 1. The Morgan fingerprint density at radius 1 is 1.06 bits per heavy atom. The monoisotopic (exact) mass is 444 g/mol. The average Bonchev–Trinajstić information content (AvgIpc) is 2.86. The summed E-state index contributed by atoms with van der Waals surface area (Å²) >= 11 is 0. The summed E-state index contributed by atoms with van der Waals surface area (Å²) in [4.78, 5) is 11.9. The van der Waals surface area contributed by atoms with Crippen LogP contribution in [0.2, 0.25) is 0 Å². The molecule has 0 bridgehead atoms. The van der Waals surface area contributed by atoms with Crippen LogP contribution in [-0.2, 0) is 19.4 Å². The third-order valence-electron chi connectivity index (χ3n) is 6.50. The van der Waals surface area contributed by atoms with Crippen LogP contribution < -0.4 is 5.32 Å². The lowest BCUT2D eigenvalue weighted by Gasteiger charge is -2.29. The van der Waals surface area contributed by atoms with Crippen LogP contribution >= 0.6 is 0 Å². The first-order chi connectivity index (χ1) is 16.2. The van der Waals surface area contributed by atoms with Gasteiger partial charge in [-0.2, -0.15) is 0 Å². The molecule has 3 aromatic rings. The molecule has 33 heavy (non-hydrogen) atoms. The molecule has 0 aliphatic carbocycles. The number of benzene rings is 2. The minimum atomic E-state index is 0.310. The molecule has 5 heteroatoms. The predicted molar refractivity (Wildman–Crippen MR) is 134 cm³/mol. The van der Waals surface area contributed by atoms with E-state index in [2.05, 4.69) is 46.4 Å². The zero-order valence-corrected chi connectivity index (χ0v) is 19.7. The molecule has 0 unspecified atom stereocenters. The van der Waals surface area contributed by atoms with Crippen LogP contribution in [0, 0.1) is 5.92 Å². The molecule has 5 nitrogen and oxygen atoms in total. The number of hydrogen-bond donors (Lipinski definition) is 2. The van der Waals surface area contributed by atoms with Gasteiger partial charge < -0.3 is 10.4 Å². The van der Waals surface area contributed by atoms with Crippen molar-refractivity contribution in [1.29, 1.82) is 0 Å². The third kappa shape index (κ3) is 7.11. The van der Waals surface area contributed by atoms with Crippen LogP contribution in [0.5, 0.6) is 5.75 Å². The van der Waals surface area contributed by atoms with E-state index in [0.717, 1.165) is 68.4 Å². The molecular formula is C28H36N4O. The number of aromatic hydroxyl groups is 1. The van der Waals surface area contributed by atoms with Crippen LogP contribution in [0.1, 0.15) is 43.1 Å². The standard InChI is InChI=1S/C28H36N4O/c1-2-32(21-24-8-5-16-29-19-24)20-23-7-3-9-25(18-23)27-15-17-30-28(31-27)10-4-6-22-11-13-26(33)14-12-22/h3,7,9,11-15,17-18,24,29,33H,2,4-6,8,10,16,19-21H2,1H3/t24-/m1/s1. The fourth-order valence-electron chi connectivity index (χ4n) is 4.63. The van der Waals surface area contributed by atoms with E-state index in [1.54, 1.807) is 12.1 Å². The van der Waals surface area contributed by atoms with Gasteiger partial charge in [-0.1, -0.05) is 37.3 Å². The lowest BCUT2D eigenvalue weighted by Crippen LogP contribution is -2.38. The minimum absolute atomic E-state index is 0.310. The van der Waals surface area contributed by atoms with Crippen molar-refractivity contribution in [2.24, 2.45) is 5.92 Å². The van der Waals surface area contributed by atoms with E-state index in [9.17, 15) is 5.11 Å². The van der Waals surface area contributed by atoms with Gasteiger partial charge in [-0.3, -0.25) is 4.90 Å². The van der Waals surface area contributed by atoms with Gasteiger partial charge in [-0.25, -0.2) is 9.97 Å². The summed E-state index contributed by atoms with van der Waals surface area (Å²) in [5.74, 6) is 1.95. The van der Waals surface area contributed by atoms with Crippen LogP contribution in [0.4, 0.5) is 0 Å². The van der Waals surface area contributed by atoms with Crippen molar-refractivity contribution in [3.8, 4) is 17.0 Å². The van der Waals surface area contributed by atoms with Crippen molar-refractivity contribution in [3.05, 3.63) is 77.7 Å². The van der Waals surface area contributed by atoms with Gasteiger partial charge in [-0.05, 0) is 86.6 Å². The lowest BCUT2D eigenvalue weighted by atomic mass is 9.98. The van der Waals surface area contributed by atoms with Crippen molar-refractivity contribution < 1.29 is 5.11 Å². The zero-order valence-electron chi connectivity index (χ0n) is 19.7. The Balaban J connectivity index is 1.36. The van der Waals surface area contributed by atoms with Crippen molar-refractivity contribution in [1.82, 2.24) is 20.2 Å². The van der Waals surface area contributed by atoms with Gasteiger partial charge in [-0.15, -0.1) is 0 Å². The maximum Gasteiger partial charge on any atom is 0.128 e. The van der Waals surface area contributed by atoms with E-state index in [0.29, 0.717) is 5.75 Å². The van der Waals surface area contributed by atoms with E-state index >= 15 is 0 Å². The number of aryl methyl sites for hydroxylation is 2. The SMILES string of the molecule is CCN(Cc1cccc(-c2ccnc(CCCc3ccc(O)cc3)n2)c1)C[C@@H]1CCCNC1. The molecule has 0 radical (unpaired) electrons. The Morgan fingerprint density at radius 3 is 2.73 bits per heavy atom. The number of aromatic nitrogens is 2. The number of nitrogens with one attached hydrogen (secondary N) is 1. The first-order valence-electron chi connectivity index (χ1n) is 12.3. The minimum Gasteiger partial charge on any atom is -0.508 e. The molecular weight excluding hydrogens is 408 g/mol. The predicted octanol–water partition coefficient (Wildman–Crippen LogP) is 4.85. The van der Waals surface area contributed by atoms with E-state index in [1.165, 1.54) is 30.5 Å². The lowest BCUT2D eigenvalue weighted by molar-refractivity contribution is 0.210. The first-order valence-corrected chi connectivity index (χ1v) is 12.3. The Labute approximate surface area is 197 Å². The van der Waals surface area contributed by atoms with Gasteiger partial charge >= 0.3 is 0 Å². The summed E-state index contributed by atoms with van der Waals surface area (Å²) < 4.78 is 0. The summed E-state index contributed by atoms with van der Waals surface area (Å²) in [7, 11) is 0. The first kappa shape index (κ1) is 23.4. The average molecular weight is 445 g/mol. The molecule has 174 valence electrons. The molecule has 1 atom stereocenters. The normalized spacial score (nSPS) is 16.2. The zero-order chi connectivity index (χ0) is 22.9. The van der Waals surface area contributed by atoms with Crippen LogP contribution in [0.15, 0.2) is 60.8 Å². The fraction of sp³-hybridized carbons (Fsp3) is 0.429. The molecule has 2 heterocycles. The van der Waals surface area contributed by atoms with Gasteiger partial charge in [0.25, 0.3) is 0 Å². The van der Waals surface area contributed by atoms with Crippen LogP contribution in [0.25, 0.3) is 11.3 Å². The summed E-state index contributed by atoms with van der Waals surface area (Å²) in [6.07, 6.45) is 7.28. The Bertz CT molecular complexity index is 999. The van der Waals surface area contributed by atoms with Gasteiger partial charge in [0, 0.05) is 31.3 Å². The van der Waals surface area contributed by atoms with E-state index in [1.807, 2.05) is 24.4 Å². The summed E-state index contributed by atoms with van der Waals surface area (Å²) in [6.45, 7) is 7.78. The number of nitrogens with zero attached hydrogens (tertiary/aromatic N) is 3. The maximum atomic E-state index is 9.43. The fourth-order valence-corrected chi connectivity index (χ4v) is 4.63. The second-order valence-electron chi connectivity index (χ2n) is 9.12. The molecule has 1 aromatic heterocycles. The highest BCUT2D eigenvalue weighted by Crippen LogP contribution is 2.21. The molecule has 1 aliphatic rings. The van der Waals surface area contributed by atoms with Gasteiger partial charge in [0.2, 0.25) is 0 Å². The van der Waals surface area contributed by atoms with Crippen LogP contribution in [-0.4, -0.2) is 46.2 Å². The van der Waals surface area contributed by atoms with Crippen molar-refractivity contribution in [2.45, 2.75) is 45.6 Å². The molecule has 0 spiro atoms. The second-order valence-corrected chi connectivity index (χ2v) is 9.12. The maximum absolute atomic E-state index is 9.43. The summed E-state index contributed by atoms with van der Waals surface area (Å²) in [5.41, 5.74) is 4.71. The van der Waals surface area contributed by atoms with Gasteiger partial charge in [0.05, 0.1) is 5.69 Å². The van der Waals surface area contributed by atoms with Crippen molar-refractivity contribution in [2.75, 3.05) is 26.2 Å². The molecule has 1 saturated heterocycles. The Kier molecular flexibility index (Phi) is 8.45. The smallest absolute Gasteiger partial charge is 0.128 e. The summed E-state index contributed by atoms with van der Waals surface area (Å²) in [6, 6.07) is 18.2. The number of phenols is 1. The number of rotatable bonds is 10. The number of hydrogen-bond acceptors (Lipinski definition) is 5. The highest BCUT2D eigenvalue weighted by molar-refractivity contribution is 5.59. The molecule has 2 aromatic carbocycles. The Morgan fingerprint density at radius 2 is 1.94 bits per heavy atom. The highest BCUT2D eigenvalue weighted by atomic mass is 16.3. The van der Waals surface area contributed by atoms with E-state index in [-0.39, 0.29) is 0 Å².